The van der Waals surface area contributed by atoms with Gasteiger partial charge in [0, 0.05) is 42.8 Å². The molecule has 0 N–H and O–H groups in total. The fraction of sp³-hybridized carbons (Fsp3) is 0.476. The van der Waals surface area contributed by atoms with Crippen LogP contribution in [-0.4, -0.2) is 24.7 Å². The van der Waals surface area contributed by atoms with Gasteiger partial charge in [0.15, 0.2) is 11.5 Å². The van der Waals surface area contributed by atoms with Crippen LogP contribution in [0.3, 0.4) is 0 Å². The molecule has 1 heterocycles. The zero-order valence-corrected chi connectivity index (χ0v) is 17.4. The van der Waals surface area contributed by atoms with Gasteiger partial charge in [-0.1, -0.05) is 30.1 Å². The van der Waals surface area contributed by atoms with Gasteiger partial charge in [-0.05, 0) is 44.2 Å². The van der Waals surface area contributed by atoms with Crippen LogP contribution in [0.25, 0.3) is 0 Å². The van der Waals surface area contributed by atoms with Crippen LogP contribution in [0.4, 0.5) is 5.69 Å². The van der Waals surface area contributed by atoms with Crippen LogP contribution < -0.4 is 14.4 Å². The Labute approximate surface area is 171 Å². The topological polar surface area (TPSA) is 34.6 Å². The van der Waals surface area contributed by atoms with E-state index in [1.807, 2.05) is 6.07 Å². The first-order valence-electron chi connectivity index (χ1n) is 9.50. The quantitative estimate of drug-likeness (QED) is 0.525. The number of anilines is 1. The predicted molar refractivity (Wildman–Crippen MR) is 111 cm³/mol. The molecule has 1 fully saturated rings. The van der Waals surface area contributed by atoms with E-state index in [2.05, 4.69) is 28.9 Å². The summed E-state index contributed by atoms with van der Waals surface area (Å²) in [5.74, 6) is 1.57. The second kappa shape index (κ2) is 9.52. The number of halogens is 2. The average Bonchev–Trinajstić information content (AvgIpc) is 3.17. The summed E-state index contributed by atoms with van der Waals surface area (Å²) in [5.41, 5.74) is 1.95. The van der Waals surface area contributed by atoms with Gasteiger partial charge in [-0.25, -0.2) is 0 Å². The molecule has 1 saturated carbocycles. The van der Waals surface area contributed by atoms with E-state index in [-0.39, 0.29) is 6.10 Å². The molecule has 27 heavy (non-hydrogen) atoms. The lowest BCUT2D eigenvalue weighted by molar-refractivity contribution is 0.201. The van der Waals surface area contributed by atoms with Crippen LogP contribution in [0.15, 0.2) is 30.6 Å². The second-order valence-corrected chi connectivity index (χ2v) is 7.68. The predicted octanol–water partition coefficient (Wildman–Crippen LogP) is 6.14. The summed E-state index contributed by atoms with van der Waals surface area (Å²) in [4.78, 5) is 6.30. The van der Waals surface area contributed by atoms with Gasteiger partial charge in [-0.3, -0.25) is 4.98 Å². The lowest BCUT2D eigenvalue weighted by Crippen LogP contribution is -2.24. The fourth-order valence-electron chi connectivity index (χ4n) is 3.49. The molecule has 0 radical (unpaired) electrons. The lowest BCUT2D eigenvalue weighted by Gasteiger charge is -2.27. The monoisotopic (exact) mass is 408 g/mol. The summed E-state index contributed by atoms with van der Waals surface area (Å²) < 4.78 is 11.8. The molecule has 0 bridgehead atoms. The van der Waals surface area contributed by atoms with Crippen molar-refractivity contribution in [2.24, 2.45) is 0 Å². The maximum absolute atomic E-state index is 6.34. The second-order valence-electron chi connectivity index (χ2n) is 6.86. The SMILES string of the molecule is CCCN(Cc1c(Cl)cncc1Cl)c1ccc(OC)c(OC2CCCC2)c1. The molecule has 1 aromatic carbocycles. The zero-order chi connectivity index (χ0) is 19.2. The molecule has 146 valence electrons. The molecule has 0 amide bonds. The van der Waals surface area contributed by atoms with Crippen molar-refractivity contribution < 1.29 is 9.47 Å². The van der Waals surface area contributed by atoms with E-state index in [0.717, 1.165) is 48.6 Å². The highest BCUT2D eigenvalue weighted by molar-refractivity contribution is 6.35. The molecule has 2 aromatic rings. The Morgan fingerprint density at radius 2 is 1.81 bits per heavy atom. The molecule has 0 aliphatic heterocycles. The Balaban J connectivity index is 1.88. The van der Waals surface area contributed by atoms with E-state index in [4.69, 9.17) is 32.7 Å². The van der Waals surface area contributed by atoms with Crippen LogP contribution in [0.2, 0.25) is 10.0 Å². The zero-order valence-electron chi connectivity index (χ0n) is 15.9. The average molecular weight is 409 g/mol. The highest BCUT2D eigenvalue weighted by Gasteiger charge is 2.20. The summed E-state index contributed by atoms with van der Waals surface area (Å²) in [6.45, 7) is 3.65. The van der Waals surface area contributed by atoms with E-state index in [0.29, 0.717) is 16.6 Å². The Hall–Kier alpha value is -1.65. The molecular formula is C21H26Cl2N2O2. The van der Waals surface area contributed by atoms with E-state index < -0.39 is 0 Å². The number of aromatic nitrogens is 1. The molecule has 0 unspecified atom stereocenters. The molecule has 6 heteroatoms. The van der Waals surface area contributed by atoms with Crippen molar-refractivity contribution in [3.8, 4) is 11.5 Å². The first-order chi connectivity index (χ1) is 13.1. The number of hydrogen-bond acceptors (Lipinski definition) is 4. The standard InChI is InChI=1S/C21H26Cl2N2O2/c1-3-10-25(14-17-18(22)12-24-13-19(17)23)15-8-9-20(26-2)21(11-15)27-16-6-4-5-7-16/h8-9,11-13,16H,3-7,10,14H2,1-2H3. The van der Waals surface area contributed by atoms with Crippen molar-refractivity contribution in [2.75, 3.05) is 18.6 Å². The van der Waals surface area contributed by atoms with Gasteiger partial charge in [0.25, 0.3) is 0 Å². The van der Waals surface area contributed by atoms with Crippen molar-refractivity contribution in [1.29, 1.82) is 0 Å². The molecule has 3 rings (SSSR count). The molecule has 0 saturated heterocycles. The third kappa shape index (κ3) is 4.99. The van der Waals surface area contributed by atoms with Crippen LogP contribution in [0, 0.1) is 0 Å². The van der Waals surface area contributed by atoms with Crippen LogP contribution in [0.5, 0.6) is 11.5 Å². The highest BCUT2D eigenvalue weighted by Crippen LogP contribution is 2.36. The number of rotatable bonds is 8. The molecule has 0 spiro atoms. The Bertz CT molecular complexity index is 744. The first-order valence-corrected chi connectivity index (χ1v) is 10.3. The Kier molecular flexibility index (Phi) is 7.08. The van der Waals surface area contributed by atoms with Crippen molar-refractivity contribution in [3.05, 3.63) is 46.2 Å². The first kappa shape index (κ1) is 20.1. The van der Waals surface area contributed by atoms with E-state index >= 15 is 0 Å². The third-order valence-corrected chi connectivity index (χ3v) is 5.55. The van der Waals surface area contributed by atoms with E-state index in [1.165, 1.54) is 12.8 Å². The van der Waals surface area contributed by atoms with Crippen LogP contribution in [0.1, 0.15) is 44.6 Å². The molecule has 4 nitrogen and oxygen atoms in total. The lowest BCUT2D eigenvalue weighted by atomic mass is 10.2. The summed E-state index contributed by atoms with van der Waals surface area (Å²) in [6, 6.07) is 6.09. The molecular weight excluding hydrogens is 383 g/mol. The number of methoxy groups -OCH3 is 1. The highest BCUT2D eigenvalue weighted by atomic mass is 35.5. The minimum atomic E-state index is 0.276. The number of nitrogens with zero attached hydrogens (tertiary/aromatic N) is 2. The normalized spacial score (nSPS) is 14.4. The Morgan fingerprint density at radius 1 is 1.11 bits per heavy atom. The minimum Gasteiger partial charge on any atom is -0.493 e. The summed E-state index contributed by atoms with van der Waals surface area (Å²) in [6.07, 6.45) is 9.22. The number of benzene rings is 1. The van der Waals surface area contributed by atoms with Gasteiger partial charge < -0.3 is 14.4 Å². The number of pyridine rings is 1. The van der Waals surface area contributed by atoms with E-state index in [1.54, 1.807) is 19.5 Å². The van der Waals surface area contributed by atoms with Crippen molar-refractivity contribution >= 4 is 28.9 Å². The molecule has 0 atom stereocenters. The Morgan fingerprint density at radius 3 is 2.44 bits per heavy atom. The molecule has 1 aliphatic rings. The van der Waals surface area contributed by atoms with Gasteiger partial charge in [0.1, 0.15) is 0 Å². The fourth-order valence-corrected chi connectivity index (χ4v) is 3.97. The summed E-state index contributed by atoms with van der Waals surface area (Å²) in [5, 5.41) is 1.17. The van der Waals surface area contributed by atoms with Gasteiger partial charge in [0.2, 0.25) is 0 Å². The summed E-state index contributed by atoms with van der Waals surface area (Å²) >= 11 is 12.7. The molecule has 1 aromatic heterocycles. The maximum Gasteiger partial charge on any atom is 0.163 e. The largest absolute Gasteiger partial charge is 0.493 e. The van der Waals surface area contributed by atoms with Crippen molar-refractivity contribution in [1.82, 2.24) is 4.98 Å². The van der Waals surface area contributed by atoms with E-state index in [9.17, 15) is 0 Å². The van der Waals surface area contributed by atoms with Gasteiger partial charge >= 0.3 is 0 Å². The number of ether oxygens (including phenoxy) is 2. The third-order valence-electron chi connectivity index (χ3n) is 4.90. The van der Waals surface area contributed by atoms with Crippen molar-refractivity contribution in [2.45, 2.75) is 51.7 Å². The van der Waals surface area contributed by atoms with Gasteiger partial charge in [-0.15, -0.1) is 0 Å². The smallest absolute Gasteiger partial charge is 0.163 e. The minimum absolute atomic E-state index is 0.276. The maximum atomic E-state index is 6.34. The number of hydrogen-bond donors (Lipinski definition) is 0. The van der Waals surface area contributed by atoms with Gasteiger partial charge in [-0.2, -0.15) is 0 Å². The van der Waals surface area contributed by atoms with Crippen LogP contribution in [-0.2, 0) is 6.54 Å². The summed E-state index contributed by atoms with van der Waals surface area (Å²) in [7, 11) is 1.68. The van der Waals surface area contributed by atoms with Gasteiger partial charge in [0.05, 0.1) is 23.3 Å². The van der Waals surface area contributed by atoms with Crippen molar-refractivity contribution in [3.63, 3.8) is 0 Å². The molecule has 1 aliphatic carbocycles. The van der Waals surface area contributed by atoms with Crippen LogP contribution >= 0.6 is 23.2 Å².